The summed E-state index contributed by atoms with van der Waals surface area (Å²) in [4.78, 5) is 2.47. The highest BCUT2D eigenvalue weighted by molar-refractivity contribution is 6.30. The van der Waals surface area contributed by atoms with Gasteiger partial charge in [-0.05, 0) is 48.9 Å². The van der Waals surface area contributed by atoms with Gasteiger partial charge in [0.1, 0.15) is 5.75 Å². The van der Waals surface area contributed by atoms with Gasteiger partial charge >= 0.3 is 0 Å². The molecule has 27 heavy (non-hydrogen) atoms. The van der Waals surface area contributed by atoms with Crippen LogP contribution in [0.5, 0.6) is 5.75 Å². The van der Waals surface area contributed by atoms with Gasteiger partial charge in [0, 0.05) is 41.9 Å². The van der Waals surface area contributed by atoms with E-state index < -0.39 is 0 Å². The van der Waals surface area contributed by atoms with Crippen LogP contribution >= 0.6 is 11.6 Å². The summed E-state index contributed by atoms with van der Waals surface area (Å²) >= 11 is 6.37. The lowest BCUT2D eigenvalue weighted by Crippen LogP contribution is -2.32. The van der Waals surface area contributed by atoms with Crippen LogP contribution in [0.3, 0.4) is 0 Å². The van der Waals surface area contributed by atoms with E-state index in [1.165, 1.54) is 17.5 Å². The lowest BCUT2D eigenvalue weighted by atomic mass is 9.86. The summed E-state index contributed by atoms with van der Waals surface area (Å²) in [6.07, 6.45) is 4.23. The summed E-state index contributed by atoms with van der Waals surface area (Å²) in [6.45, 7) is 2.61. The zero-order chi connectivity index (χ0) is 18.6. The van der Waals surface area contributed by atoms with E-state index in [4.69, 9.17) is 21.1 Å². The van der Waals surface area contributed by atoms with E-state index in [0.717, 1.165) is 49.2 Å². The minimum Gasteiger partial charge on any atom is -0.467 e. The maximum Gasteiger partial charge on any atom is 0.189 e. The van der Waals surface area contributed by atoms with E-state index in [2.05, 4.69) is 29.2 Å². The number of nitrogens with zero attached hydrogens (tertiary/aromatic N) is 1. The third kappa shape index (κ3) is 4.14. The molecule has 144 valence electrons. The van der Waals surface area contributed by atoms with Crippen LogP contribution in [0.1, 0.15) is 47.6 Å². The zero-order valence-electron chi connectivity index (χ0n) is 15.5. The van der Waals surface area contributed by atoms with Crippen molar-refractivity contribution < 1.29 is 14.6 Å². The Labute approximate surface area is 165 Å². The lowest BCUT2D eigenvalue weighted by Gasteiger charge is -2.36. The minimum absolute atomic E-state index is 0.197. The van der Waals surface area contributed by atoms with Gasteiger partial charge in [0.2, 0.25) is 0 Å². The smallest absolute Gasteiger partial charge is 0.189 e. The van der Waals surface area contributed by atoms with Crippen LogP contribution in [0.4, 0.5) is 0 Å². The van der Waals surface area contributed by atoms with Crippen molar-refractivity contribution in [2.75, 3.05) is 19.9 Å². The molecule has 0 radical (unpaired) electrons. The third-order valence-electron chi connectivity index (χ3n) is 5.51. The Morgan fingerprint density at radius 1 is 1.19 bits per heavy atom. The zero-order valence-corrected chi connectivity index (χ0v) is 16.3. The highest BCUT2D eigenvalue weighted by Crippen LogP contribution is 2.38. The van der Waals surface area contributed by atoms with Crippen molar-refractivity contribution in [3.05, 3.63) is 63.7 Å². The quantitative estimate of drug-likeness (QED) is 0.794. The molecular formula is C22H26ClNO3. The second-order valence-corrected chi connectivity index (χ2v) is 7.75. The Morgan fingerprint density at radius 2 is 2.07 bits per heavy atom. The fourth-order valence-corrected chi connectivity index (χ4v) is 4.58. The van der Waals surface area contributed by atoms with Gasteiger partial charge in [-0.1, -0.05) is 35.9 Å². The molecule has 0 saturated carbocycles. The van der Waals surface area contributed by atoms with E-state index in [9.17, 15) is 5.11 Å². The number of rotatable bonds is 6. The second-order valence-electron chi connectivity index (χ2n) is 7.32. The number of benzene rings is 2. The molecule has 1 aliphatic carbocycles. The minimum atomic E-state index is 0.197. The van der Waals surface area contributed by atoms with E-state index >= 15 is 0 Å². The Bertz CT molecular complexity index is 795. The molecule has 2 aliphatic rings. The molecule has 0 spiro atoms. The van der Waals surface area contributed by atoms with E-state index in [-0.39, 0.29) is 13.4 Å². The molecule has 5 heteroatoms. The molecular weight excluding hydrogens is 362 g/mol. The molecule has 0 aromatic heterocycles. The molecule has 2 aromatic carbocycles. The molecule has 4 rings (SSSR count). The van der Waals surface area contributed by atoms with Crippen molar-refractivity contribution in [2.45, 2.75) is 44.9 Å². The van der Waals surface area contributed by atoms with Gasteiger partial charge < -0.3 is 14.6 Å². The van der Waals surface area contributed by atoms with Gasteiger partial charge in [-0.25, -0.2) is 0 Å². The summed E-state index contributed by atoms with van der Waals surface area (Å²) in [7, 11) is 0. The van der Waals surface area contributed by atoms with Crippen molar-refractivity contribution in [2.24, 2.45) is 0 Å². The molecule has 1 aliphatic heterocycles. The topological polar surface area (TPSA) is 41.9 Å². The van der Waals surface area contributed by atoms with Gasteiger partial charge in [0.05, 0.1) is 6.61 Å². The van der Waals surface area contributed by atoms with Crippen molar-refractivity contribution in [1.29, 1.82) is 0 Å². The standard InChI is InChI=1S/C22H26ClNO3/c23-19-11-17(22-18(12-19)14-26-15-27-22)13-24(9-4-10-25)21-8-3-6-16-5-1-2-7-20(16)21/h1-2,5,7,11-12,21,25H,3-4,6,8-10,13-15H2/t21-/m0/s1. The van der Waals surface area contributed by atoms with Gasteiger partial charge in [-0.15, -0.1) is 0 Å². The van der Waals surface area contributed by atoms with Crippen LogP contribution in [0.2, 0.25) is 5.02 Å². The summed E-state index contributed by atoms with van der Waals surface area (Å²) < 4.78 is 11.2. The first-order valence-electron chi connectivity index (χ1n) is 9.71. The van der Waals surface area contributed by atoms with Crippen LogP contribution in [0.25, 0.3) is 0 Å². The van der Waals surface area contributed by atoms with Gasteiger partial charge in [0.25, 0.3) is 0 Å². The summed E-state index contributed by atoms with van der Waals surface area (Å²) in [6, 6.07) is 13.0. The van der Waals surface area contributed by atoms with Crippen LogP contribution in [-0.2, 0) is 24.3 Å². The van der Waals surface area contributed by atoms with Crippen LogP contribution < -0.4 is 4.74 Å². The highest BCUT2D eigenvalue weighted by Gasteiger charge is 2.27. The summed E-state index contributed by atoms with van der Waals surface area (Å²) in [5.74, 6) is 0.906. The monoisotopic (exact) mass is 387 g/mol. The van der Waals surface area contributed by atoms with E-state index in [0.29, 0.717) is 17.7 Å². The Morgan fingerprint density at radius 3 is 2.96 bits per heavy atom. The number of aliphatic hydroxyl groups excluding tert-OH is 1. The highest BCUT2D eigenvalue weighted by atomic mass is 35.5. The van der Waals surface area contributed by atoms with Crippen molar-refractivity contribution in [3.8, 4) is 5.75 Å². The molecule has 0 unspecified atom stereocenters. The molecule has 0 saturated heterocycles. The van der Waals surface area contributed by atoms with Crippen LogP contribution in [0.15, 0.2) is 36.4 Å². The average Bonchev–Trinajstić information content (AvgIpc) is 2.70. The molecule has 0 fully saturated rings. The normalized spacial score (nSPS) is 18.7. The number of aryl methyl sites for hydroxylation is 1. The molecule has 1 heterocycles. The Balaban J connectivity index is 1.66. The number of hydrogen-bond donors (Lipinski definition) is 1. The van der Waals surface area contributed by atoms with E-state index in [1.54, 1.807) is 0 Å². The number of aliphatic hydroxyl groups is 1. The first kappa shape index (κ1) is 18.8. The largest absolute Gasteiger partial charge is 0.467 e. The van der Waals surface area contributed by atoms with Gasteiger partial charge in [-0.2, -0.15) is 0 Å². The second kappa shape index (κ2) is 8.61. The summed E-state index contributed by atoms with van der Waals surface area (Å²) in [5.41, 5.74) is 4.97. The van der Waals surface area contributed by atoms with Crippen LogP contribution in [0, 0.1) is 0 Å². The fraction of sp³-hybridized carbons (Fsp3) is 0.455. The Kier molecular flexibility index (Phi) is 5.98. The average molecular weight is 388 g/mol. The molecule has 4 nitrogen and oxygen atoms in total. The number of hydrogen-bond acceptors (Lipinski definition) is 4. The first-order chi connectivity index (χ1) is 13.3. The van der Waals surface area contributed by atoms with Gasteiger partial charge in [-0.3, -0.25) is 4.90 Å². The molecule has 1 N–H and O–H groups in total. The van der Waals surface area contributed by atoms with Gasteiger partial charge in [0.15, 0.2) is 6.79 Å². The van der Waals surface area contributed by atoms with E-state index in [1.807, 2.05) is 12.1 Å². The SMILES string of the molecule is OCCCN(Cc1cc(Cl)cc2c1OCOC2)[C@H]1CCCc2ccccc21. The maximum atomic E-state index is 9.42. The maximum absolute atomic E-state index is 9.42. The number of halogens is 1. The lowest BCUT2D eigenvalue weighted by molar-refractivity contribution is -0.0177. The summed E-state index contributed by atoms with van der Waals surface area (Å²) in [5, 5.41) is 10.1. The van der Waals surface area contributed by atoms with Crippen molar-refractivity contribution >= 4 is 11.6 Å². The van der Waals surface area contributed by atoms with Crippen molar-refractivity contribution in [3.63, 3.8) is 0 Å². The number of fused-ring (bicyclic) bond motifs is 2. The molecule has 2 aromatic rings. The first-order valence-corrected chi connectivity index (χ1v) is 10.1. The molecule has 0 bridgehead atoms. The Hall–Kier alpha value is -1.59. The van der Waals surface area contributed by atoms with Crippen molar-refractivity contribution in [1.82, 2.24) is 4.90 Å². The molecule has 0 amide bonds. The fourth-order valence-electron chi connectivity index (χ4n) is 4.32. The molecule has 1 atom stereocenters. The third-order valence-corrected chi connectivity index (χ3v) is 5.73. The predicted octanol–water partition coefficient (Wildman–Crippen LogP) is 4.47. The van der Waals surface area contributed by atoms with Crippen LogP contribution in [-0.4, -0.2) is 30.0 Å². The predicted molar refractivity (Wildman–Crippen MR) is 106 cm³/mol. The number of ether oxygens (including phenoxy) is 2.